The zero-order valence-corrected chi connectivity index (χ0v) is 20.4. The third kappa shape index (κ3) is 4.72. The molecule has 5 aromatic rings. The highest BCUT2D eigenvalue weighted by molar-refractivity contribution is 6.14. The number of allylic oxidation sites excluding steroid dienone is 1. The minimum Gasteiger partial charge on any atom is -0.289 e. The van der Waals surface area contributed by atoms with Gasteiger partial charge in [-0.25, -0.2) is 0 Å². The Morgan fingerprint density at radius 1 is 0.730 bits per heavy atom. The third-order valence-corrected chi connectivity index (χ3v) is 6.84. The molecule has 0 bridgehead atoms. The molecule has 1 aliphatic heterocycles. The van der Waals surface area contributed by atoms with Crippen LogP contribution in [0.2, 0.25) is 0 Å². The molecular formula is C34H26N2O. The number of anilines is 1. The van der Waals surface area contributed by atoms with Gasteiger partial charge in [-0.3, -0.25) is 9.80 Å². The van der Waals surface area contributed by atoms with Crippen molar-refractivity contribution in [2.45, 2.75) is 12.5 Å². The minimum absolute atomic E-state index is 0.00154. The summed E-state index contributed by atoms with van der Waals surface area (Å²) in [5, 5.41) is 9.20. The second kappa shape index (κ2) is 10.1. The standard InChI is InChI=1S/C34H26N2O/c37-34(31-17-9-15-26-10-7-8-16-30(26)31)23-20-25-18-21-29(22-19-25)36-33(28-13-5-2-6-14-28)24-32(35-36)27-11-3-1-4-12-27/h1-23,33H,24H2/b23-20+. The van der Waals surface area contributed by atoms with Gasteiger partial charge in [0.25, 0.3) is 0 Å². The molecule has 6 rings (SSSR count). The highest BCUT2D eigenvalue weighted by Crippen LogP contribution is 2.36. The maximum absolute atomic E-state index is 13.0. The van der Waals surface area contributed by atoms with Gasteiger partial charge in [0, 0.05) is 12.0 Å². The molecule has 0 saturated heterocycles. The molecule has 3 heteroatoms. The average Bonchev–Trinajstić information content (AvgIpc) is 3.42. The summed E-state index contributed by atoms with van der Waals surface area (Å²) in [6.45, 7) is 0. The van der Waals surface area contributed by atoms with Crippen LogP contribution in [0.4, 0.5) is 5.69 Å². The minimum atomic E-state index is 0.00154. The van der Waals surface area contributed by atoms with E-state index in [1.807, 2.05) is 72.8 Å². The van der Waals surface area contributed by atoms with Crippen LogP contribution in [-0.4, -0.2) is 11.5 Å². The molecule has 0 aliphatic carbocycles. The van der Waals surface area contributed by atoms with Crippen LogP contribution in [0.15, 0.2) is 139 Å². The Kier molecular flexibility index (Phi) is 6.18. The van der Waals surface area contributed by atoms with E-state index in [0.29, 0.717) is 0 Å². The van der Waals surface area contributed by atoms with E-state index < -0.39 is 0 Å². The Balaban J connectivity index is 1.26. The molecule has 1 unspecified atom stereocenters. The molecule has 1 heterocycles. The molecule has 0 spiro atoms. The number of ketones is 1. The summed E-state index contributed by atoms with van der Waals surface area (Å²) < 4.78 is 0. The van der Waals surface area contributed by atoms with Gasteiger partial charge >= 0.3 is 0 Å². The molecule has 0 N–H and O–H groups in total. The second-order valence-electron chi connectivity index (χ2n) is 9.20. The molecule has 0 radical (unpaired) electrons. The van der Waals surface area contributed by atoms with Crippen molar-refractivity contribution in [1.82, 2.24) is 0 Å². The second-order valence-corrected chi connectivity index (χ2v) is 9.20. The number of rotatable bonds is 6. The lowest BCUT2D eigenvalue weighted by atomic mass is 9.98. The van der Waals surface area contributed by atoms with E-state index in [9.17, 15) is 4.79 Å². The van der Waals surface area contributed by atoms with Crippen molar-refractivity contribution in [3.63, 3.8) is 0 Å². The first-order valence-corrected chi connectivity index (χ1v) is 12.5. The molecule has 37 heavy (non-hydrogen) atoms. The lowest BCUT2D eigenvalue weighted by Gasteiger charge is -2.24. The lowest BCUT2D eigenvalue weighted by Crippen LogP contribution is -2.18. The SMILES string of the molecule is O=C(/C=C/c1ccc(N2N=C(c3ccccc3)CC2c2ccccc2)cc1)c1cccc2ccccc12. The van der Waals surface area contributed by atoms with Crippen molar-refractivity contribution < 1.29 is 4.79 Å². The molecule has 178 valence electrons. The van der Waals surface area contributed by atoms with E-state index in [2.05, 4.69) is 65.7 Å². The van der Waals surface area contributed by atoms with Gasteiger partial charge in [0.15, 0.2) is 5.78 Å². The van der Waals surface area contributed by atoms with Crippen molar-refractivity contribution in [2.24, 2.45) is 5.10 Å². The van der Waals surface area contributed by atoms with Crippen LogP contribution in [0.25, 0.3) is 16.8 Å². The Labute approximate surface area is 217 Å². The van der Waals surface area contributed by atoms with Crippen LogP contribution in [0.1, 0.15) is 39.5 Å². The van der Waals surface area contributed by atoms with Gasteiger partial charge in [0.2, 0.25) is 0 Å². The van der Waals surface area contributed by atoms with Crippen LogP contribution in [0.3, 0.4) is 0 Å². The summed E-state index contributed by atoms with van der Waals surface area (Å²) in [5.41, 5.74) is 6.19. The summed E-state index contributed by atoms with van der Waals surface area (Å²) in [4.78, 5) is 13.0. The Morgan fingerprint density at radius 3 is 2.19 bits per heavy atom. The molecule has 1 atom stereocenters. The average molecular weight is 479 g/mol. The van der Waals surface area contributed by atoms with E-state index in [1.54, 1.807) is 6.08 Å². The predicted octanol–water partition coefficient (Wildman–Crippen LogP) is 8.09. The Bertz CT molecular complexity index is 1600. The lowest BCUT2D eigenvalue weighted by molar-refractivity contribution is 0.104. The molecule has 0 saturated carbocycles. The highest BCUT2D eigenvalue weighted by Gasteiger charge is 2.29. The van der Waals surface area contributed by atoms with Gasteiger partial charge < -0.3 is 0 Å². The molecule has 0 fully saturated rings. The number of hydrazone groups is 1. The fourth-order valence-corrected chi connectivity index (χ4v) is 4.93. The van der Waals surface area contributed by atoms with Crippen LogP contribution < -0.4 is 5.01 Å². The predicted molar refractivity (Wildman–Crippen MR) is 153 cm³/mol. The number of hydrogen-bond acceptors (Lipinski definition) is 3. The van der Waals surface area contributed by atoms with E-state index in [4.69, 9.17) is 5.10 Å². The van der Waals surface area contributed by atoms with Gasteiger partial charge in [-0.15, -0.1) is 0 Å². The molecule has 0 aromatic heterocycles. The fraction of sp³-hybridized carbons (Fsp3) is 0.0588. The zero-order chi connectivity index (χ0) is 25.0. The fourth-order valence-electron chi connectivity index (χ4n) is 4.93. The van der Waals surface area contributed by atoms with Crippen LogP contribution in [-0.2, 0) is 0 Å². The van der Waals surface area contributed by atoms with Gasteiger partial charge in [-0.2, -0.15) is 5.10 Å². The number of carbonyl (C=O) groups excluding carboxylic acids is 1. The van der Waals surface area contributed by atoms with Crippen molar-refractivity contribution in [3.05, 3.63) is 156 Å². The first-order valence-electron chi connectivity index (χ1n) is 12.5. The quantitative estimate of drug-likeness (QED) is 0.182. The largest absolute Gasteiger partial charge is 0.289 e. The van der Waals surface area contributed by atoms with E-state index >= 15 is 0 Å². The van der Waals surface area contributed by atoms with Crippen LogP contribution >= 0.6 is 0 Å². The van der Waals surface area contributed by atoms with Gasteiger partial charge in [0.1, 0.15) is 0 Å². The number of fused-ring (bicyclic) bond motifs is 1. The first kappa shape index (κ1) is 22.7. The van der Waals surface area contributed by atoms with Crippen LogP contribution in [0, 0.1) is 0 Å². The summed E-state index contributed by atoms with van der Waals surface area (Å²) >= 11 is 0. The smallest absolute Gasteiger partial charge is 0.186 e. The molecule has 0 amide bonds. The maximum Gasteiger partial charge on any atom is 0.186 e. The molecule has 1 aliphatic rings. The topological polar surface area (TPSA) is 32.7 Å². The Morgan fingerprint density at radius 2 is 1.41 bits per heavy atom. The highest BCUT2D eigenvalue weighted by atomic mass is 16.1. The van der Waals surface area contributed by atoms with Crippen molar-refractivity contribution in [2.75, 3.05) is 5.01 Å². The molecule has 3 nitrogen and oxygen atoms in total. The zero-order valence-electron chi connectivity index (χ0n) is 20.4. The van der Waals surface area contributed by atoms with E-state index in [-0.39, 0.29) is 11.8 Å². The summed E-state index contributed by atoms with van der Waals surface area (Å²) in [6, 6.07) is 43.1. The maximum atomic E-state index is 13.0. The van der Waals surface area contributed by atoms with Gasteiger partial charge in [-0.05, 0) is 45.7 Å². The molecule has 5 aromatic carbocycles. The summed E-state index contributed by atoms with van der Waals surface area (Å²) in [7, 11) is 0. The number of carbonyl (C=O) groups is 1. The van der Waals surface area contributed by atoms with Gasteiger partial charge in [0.05, 0.1) is 17.4 Å². The number of hydrogen-bond donors (Lipinski definition) is 0. The number of benzene rings is 5. The first-order chi connectivity index (χ1) is 18.3. The third-order valence-electron chi connectivity index (χ3n) is 6.84. The Hall–Kier alpha value is -4.76. The van der Waals surface area contributed by atoms with Crippen LogP contribution in [0.5, 0.6) is 0 Å². The summed E-state index contributed by atoms with van der Waals surface area (Å²) in [6.07, 6.45) is 4.38. The van der Waals surface area contributed by atoms with E-state index in [0.717, 1.165) is 45.3 Å². The number of nitrogens with zero attached hydrogens (tertiary/aromatic N) is 2. The van der Waals surface area contributed by atoms with Crippen molar-refractivity contribution >= 4 is 34.0 Å². The van der Waals surface area contributed by atoms with Gasteiger partial charge in [-0.1, -0.05) is 121 Å². The molecular weight excluding hydrogens is 452 g/mol. The van der Waals surface area contributed by atoms with E-state index in [1.165, 1.54) is 5.56 Å². The normalized spacial score (nSPS) is 15.3. The van der Waals surface area contributed by atoms with Crippen molar-refractivity contribution in [3.8, 4) is 0 Å². The van der Waals surface area contributed by atoms with Crippen molar-refractivity contribution in [1.29, 1.82) is 0 Å². The summed E-state index contributed by atoms with van der Waals surface area (Å²) in [5.74, 6) is 0.00154. The monoisotopic (exact) mass is 478 g/mol.